The van der Waals surface area contributed by atoms with Gasteiger partial charge in [0.1, 0.15) is 6.54 Å². The Morgan fingerprint density at radius 1 is 0.762 bits per heavy atom. The maximum absolute atomic E-state index is 10.9. The number of carboxylic acids is 1. The van der Waals surface area contributed by atoms with E-state index in [9.17, 15) is 9.90 Å². The average Bonchev–Trinajstić information content (AvgIpc) is 2.47. The predicted molar refractivity (Wildman–Crippen MR) is 87.9 cm³/mol. The molecule has 0 amide bonds. The Hall–Kier alpha value is -0.570. The van der Waals surface area contributed by atoms with Crippen LogP contribution in [0.4, 0.5) is 0 Å². The number of unbranched alkanes of at least 4 members (excludes halogenated alkanes) is 9. The van der Waals surface area contributed by atoms with Crippen LogP contribution in [0.2, 0.25) is 0 Å². The molecule has 0 radical (unpaired) electrons. The third-order valence-corrected chi connectivity index (χ3v) is 4.79. The molecule has 0 aromatic carbocycles. The average molecular weight is 299 g/mol. The highest BCUT2D eigenvalue weighted by molar-refractivity contribution is 5.65. The van der Waals surface area contributed by atoms with E-state index in [0.29, 0.717) is 4.48 Å². The minimum Gasteiger partial charge on any atom is -0.544 e. The van der Waals surface area contributed by atoms with Gasteiger partial charge in [-0.3, -0.25) is 0 Å². The minimum absolute atomic E-state index is 0.171. The second-order valence-corrected chi connectivity index (χ2v) is 6.41. The van der Waals surface area contributed by atoms with Gasteiger partial charge in [-0.05, 0) is 26.7 Å². The standard InChI is InChI=1S/C18H37NO2/c1-4-7-8-9-10-11-12-13-14-15-16-19(5-2,6-3)17-18(20)21/h4-17H2,1-3H3. The topological polar surface area (TPSA) is 40.1 Å². The molecule has 0 aromatic heterocycles. The zero-order valence-electron chi connectivity index (χ0n) is 14.7. The van der Waals surface area contributed by atoms with Crippen molar-refractivity contribution in [2.45, 2.75) is 85.0 Å². The van der Waals surface area contributed by atoms with Gasteiger partial charge in [-0.25, -0.2) is 0 Å². The number of likely N-dealkylation sites (N-methyl/N-ethyl adjacent to an activating group) is 1. The highest BCUT2D eigenvalue weighted by atomic mass is 16.4. The Balaban J connectivity index is 3.61. The lowest BCUT2D eigenvalue weighted by atomic mass is 10.1. The quantitative estimate of drug-likeness (QED) is 0.343. The monoisotopic (exact) mass is 299 g/mol. The molecule has 0 bridgehead atoms. The van der Waals surface area contributed by atoms with Gasteiger partial charge in [-0.1, -0.05) is 58.3 Å². The lowest BCUT2D eigenvalue weighted by Crippen LogP contribution is -2.54. The fourth-order valence-corrected chi connectivity index (χ4v) is 3.05. The Morgan fingerprint density at radius 2 is 1.19 bits per heavy atom. The van der Waals surface area contributed by atoms with E-state index in [4.69, 9.17) is 0 Å². The van der Waals surface area contributed by atoms with Crippen molar-refractivity contribution in [1.82, 2.24) is 0 Å². The zero-order chi connectivity index (χ0) is 16.0. The molecule has 0 aliphatic rings. The molecule has 0 atom stereocenters. The van der Waals surface area contributed by atoms with Gasteiger partial charge >= 0.3 is 0 Å². The smallest absolute Gasteiger partial charge is 0.119 e. The summed E-state index contributed by atoms with van der Waals surface area (Å²) in [7, 11) is 0. The number of carbonyl (C=O) groups excluding carboxylic acids is 1. The summed E-state index contributed by atoms with van der Waals surface area (Å²) in [6.45, 7) is 9.36. The van der Waals surface area contributed by atoms with Crippen molar-refractivity contribution in [2.24, 2.45) is 0 Å². The maximum atomic E-state index is 10.9. The fraction of sp³-hybridized carbons (Fsp3) is 0.944. The van der Waals surface area contributed by atoms with Crippen LogP contribution >= 0.6 is 0 Å². The van der Waals surface area contributed by atoms with Gasteiger partial charge < -0.3 is 14.4 Å². The Labute approximate surface area is 132 Å². The normalized spacial score (nSPS) is 11.8. The highest BCUT2D eigenvalue weighted by Crippen LogP contribution is 2.13. The van der Waals surface area contributed by atoms with Crippen LogP contribution in [0.15, 0.2) is 0 Å². The SMILES string of the molecule is CCCCCCCCCCCC[N+](CC)(CC)CC(=O)[O-]. The second-order valence-electron chi connectivity index (χ2n) is 6.41. The summed E-state index contributed by atoms with van der Waals surface area (Å²) in [4.78, 5) is 10.9. The summed E-state index contributed by atoms with van der Waals surface area (Å²) in [5.41, 5.74) is 0. The maximum Gasteiger partial charge on any atom is 0.119 e. The number of nitrogens with zero attached hydrogens (tertiary/aromatic N) is 1. The molecule has 0 unspecified atom stereocenters. The van der Waals surface area contributed by atoms with Crippen LogP contribution < -0.4 is 5.11 Å². The number of quaternary nitrogens is 1. The lowest BCUT2D eigenvalue weighted by molar-refractivity contribution is -0.919. The lowest BCUT2D eigenvalue weighted by Gasteiger charge is -2.37. The fourth-order valence-electron chi connectivity index (χ4n) is 3.05. The molecule has 3 nitrogen and oxygen atoms in total. The number of carboxylic acid groups (broad SMARTS) is 1. The van der Waals surface area contributed by atoms with Gasteiger partial charge in [0, 0.05) is 0 Å². The summed E-state index contributed by atoms with van der Waals surface area (Å²) < 4.78 is 0.680. The van der Waals surface area contributed by atoms with Crippen molar-refractivity contribution in [3.05, 3.63) is 0 Å². The Kier molecular flexibility index (Phi) is 12.8. The molecule has 0 fully saturated rings. The number of aliphatic carboxylic acids is 1. The van der Waals surface area contributed by atoms with E-state index in [1.54, 1.807) is 0 Å². The van der Waals surface area contributed by atoms with Gasteiger partial charge in [0.2, 0.25) is 0 Å². The number of carbonyl (C=O) groups is 1. The summed E-state index contributed by atoms with van der Waals surface area (Å²) in [6.07, 6.45) is 13.3. The molecule has 0 saturated heterocycles. The van der Waals surface area contributed by atoms with Crippen molar-refractivity contribution >= 4 is 5.97 Å². The van der Waals surface area contributed by atoms with Gasteiger partial charge in [0.15, 0.2) is 0 Å². The van der Waals surface area contributed by atoms with E-state index in [2.05, 4.69) is 20.8 Å². The molecule has 0 heterocycles. The summed E-state index contributed by atoms with van der Waals surface area (Å²) >= 11 is 0. The van der Waals surface area contributed by atoms with Crippen LogP contribution in [0, 0.1) is 0 Å². The summed E-state index contributed by atoms with van der Waals surface area (Å²) in [5.74, 6) is -0.911. The van der Waals surface area contributed by atoms with Crippen LogP contribution in [-0.2, 0) is 4.79 Å². The third-order valence-electron chi connectivity index (χ3n) is 4.79. The zero-order valence-corrected chi connectivity index (χ0v) is 14.7. The van der Waals surface area contributed by atoms with E-state index >= 15 is 0 Å². The number of hydrogen-bond donors (Lipinski definition) is 0. The molecule has 126 valence electrons. The first-order chi connectivity index (χ1) is 10.1. The molecule has 21 heavy (non-hydrogen) atoms. The van der Waals surface area contributed by atoms with Gasteiger partial charge in [0.05, 0.1) is 25.6 Å². The largest absolute Gasteiger partial charge is 0.544 e. The molecule has 0 spiro atoms. The highest BCUT2D eigenvalue weighted by Gasteiger charge is 2.22. The third kappa shape index (κ3) is 10.8. The van der Waals surface area contributed by atoms with Crippen molar-refractivity contribution in [2.75, 3.05) is 26.2 Å². The predicted octanol–water partition coefficient (Wildman–Crippen LogP) is 3.51. The molecular weight excluding hydrogens is 262 g/mol. The van der Waals surface area contributed by atoms with Crippen molar-refractivity contribution in [3.8, 4) is 0 Å². The molecule has 0 N–H and O–H groups in total. The van der Waals surface area contributed by atoms with E-state index in [0.717, 1.165) is 26.1 Å². The van der Waals surface area contributed by atoms with E-state index in [-0.39, 0.29) is 6.54 Å². The van der Waals surface area contributed by atoms with E-state index in [1.165, 1.54) is 57.8 Å². The summed E-state index contributed by atoms with van der Waals surface area (Å²) in [6, 6.07) is 0. The van der Waals surface area contributed by atoms with Crippen molar-refractivity contribution < 1.29 is 14.4 Å². The van der Waals surface area contributed by atoms with Crippen LogP contribution in [0.5, 0.6) is 0 Å². The first-order valence-corrected chi connectivity index (χ1v) is 9.15. The minimum atomic E-state index is -0.911. The molecule has 0 saturated carbocycles. The summed E-state index contributed by atoms with van der Waals surface area (Å²) in [5, 5.41) is 10.9. The van der Waals surface area contributed by atoms with Crippen LogP contribution in [0.3, 0.4) is 0 Å². The van der Waals surface area contributed by atoms with Gasteiger partial charge in [-0.15, -0.1) is 0 Å². The van der Waals surface area contributed by atoms with Crippen molar-refractivity contribution in [3.63, 3.8) is 0 Å². The molecule has 3 heteroatoms. The molecular formula is C18H37NO2. The first-order valence-electron chi connectivity index (χ1n) is 9.15. The van der Waals surface area contributed by atoms with Crippen molar-refractivity contribution in [1.29, 1.82) is 0 Å². The molecule has 0 rings (SSSR count). The van der Waals surface area contributed by atoms with E-state index < -0.39 is 5.97 Å². The number of rotatable bonds is 15. The van der Waals surface area contributed by atoms with Crippen LogP contribution in [0.25, 0.3) is 0 Å². The van der Waals surface area contributed by atoms with E-state index in [1.807, 2.05) is 0 Å². The number of hydrogen-bond acceptors (Lipinski definition) is 2. The van der Waals surface area contributed by atoms with Crippen LogP contribution in [-0.4, -0.2) is 36.6 Å². The Bertz CT molecular complexity index is 250. The Morgan fingerprint density at radius 3 is 1.57 bits per heavy atom. The molecule has 0 aliphatic carbocycles. The van der Waals surface area contributed by atoms with Crippen LogP contribution in [0.1, 0.15) is 85.0 Å². The molecule has 0 aliphatic heterocycles. The second kappa shape index (κ2) is 13.1. The van der Waals surface area contributed by atoms with Gasteiger partial charge in [0.25, 0.3) is 0 Å². The van der Waals surface area contributed by atoms with Gasteiger partial charge in [-0.2, -0.15) is 0 Å². The molecule has 0 aromatic rings. The first kappa shape index (κ1) is 20.4.